The summed E-state index contributed by atoms with van der Waals surface area (Å²) in [7, 11) is 0. The van der Waals surface area contributed by atoms with Crippen LogP contribution < -0.4 is 0 Å². The summed E-state index contributed by atoms with van der Waals surface area (Å²) in [4.78, 5) is 0. The molecule has 0 amide bonds. The van der Waals surface area contributed by atoms with Crippen LogP contribution in [-0.2, 0) is 0 Å². The zero-order valence-electron chi connectivity index (χ0n) is 8.77. The van der Waals surface area contributed by atoms with Crippen molar-refractivity contribution >= 4 is 0 Å². The van der Waals surface area contributed by atoms with Gasteiger partial charge in [-0.1, -0.05) is 32.9 Å². The molecule has 0 aromatic carbocycles. The molecule has 0 aliphatic rings. The molecule has 0 saturated carbocycles. The lowest BCUT2D eigenvalue weighted by atomic mass is 9.84. The predicted octanol–water partition coefficient (Wildman–Crippen LogP) is 4.19. The van der Waals surface area contributed by atoms with Gasteiger partial charge in [0.15, 0.2) is 0 Å². The number of rotatable bonds is 6. The second kappa shape index (κ2) is 5.18. The monoisotopic (exact) mass is 166 g/mol. The molecule has 0 rings (SSSR count). The third kappa shape index (κ3) is 5.17. The van der Waals surface area contributed by atoms with Crippen molar-refractivity contribution in [3.8, 4) is 0 Å². The van der Waals surface area contributed by atoms with E-state index in [1.807, 2.05) is 12.2 Å². The highest BCUT2D eigenvalue weighted by Gasteiger charge is 2.13. The van der Waals surface area contributed by atoms with Gasteiger partial charge >= 0.3 is 0 Å². The fourth-order valence-corrected chi connectivity index (χ4v) is 1.12. The zero-order valence-corrected chi connectivity index (χ0v) is 8.77. The molecule has 1 atom stereocenters. The standard InChI is InChI=1S/C12H22/c1-6-8-11(3)9-10-12(4,5)7-2/h6-7,11H,1-2,8-10H2,3-5H3. The van der Waals surface area contributed by atoms with E-state index in [4.69, 9.17) is 0 Å². The molecule has 0 radical (unpaired) electrons. The summed E-state index contributed by atoms with van der Waals surface area (Å²) in [5.41, 5.74) is 0.301. The first kappa shape index (κ1) is 11.5. The molecular formula is C12H22. The first-order valence-electron chi connectivity index (χ1n) is 4.76. The summed E-state index contributed by atoms with van der Waals surface area (Å²) in [6.45, 7) is 14.3. The van der Waals surface area contributed by atoms with Gasteiger partial charge < -0.3 is 0 Å². The van der Waals surface area contributed by atoms with Crippen LogP contribution in [0.15, 0.2) is 25.3 Å². The fraction of sp³-hybridized carbons (Fsp3) is 0.667. The SMILES string of the molecule is C=CCC(C)CCC(C)(C)C=C. The second-order valence-electron chi connectivity index (χ2n) is 4.36. The molecule has 0 nitrogen and oxygen atoms in total. The van der Waals surface area contributed by atoms with E-state index in [0.717, 1.165) is 12.3 Å². The Kier molecular flexibility index (Phi) is 4.96. The van der Waals surface area contributed by atoms with Crippen molar-refractivity contribution in [3.05, 3.63) is 25.3 Å². The quantitative estimate of drug-likeness (QED) is 0.519. The van der Waals surface area contributed by atoms with E-state index in [0.29, 0.717) is 5.41 Å². The highest BCUT2D eigenvalue weighted by atomic mass is 14.2. The lowest BCUT2D eigenvalue weighted by Gasteiger charge is -2.21. The van der Waals surface area contributed by atoms with Gasteiger partial charge in [-0.25, -0.2) is 0 Å². The van der Waals surface area contributed by atoms with E-state index in [-0.39, 0.29) is 0 Å². The van der Waals surface area contributed by atoms with Crippen LogP contribution in [0.1, 0.15) is 40.0 Å². The molecule has 0 aliphatic carbocycles. The second-order valence-corrected chi connectivity index (χ2v) is 4.36. The molecule has 0 N–H and O–H groups in total. The summed E-state index contributed by atoms with van der Waals surface area (Å²) < 4.78 is 0. The van der Waals surface area contributed by atoms with E-state index in [9.17, 15) is 0 Å². The molecule has 0 aromatic rings. The Hall–Kier alpha value is -0.520. The minimum absolute atomic E-state index is 0.301. The minimum Gasteiger partial charge on any atom is -0.103 e. The van der Waals surface area contributed by atoms with Crippen molar-refractivity contribution in [2.45, 2.75) is 40.0 Å². The van der Waals surface area contributed by atoms with Crippen LogP contribution in [-0.4, -0.2) is 0 Å². The van der Waals surface area contributed by atoms with Crippen LogP contribution in [0, 0.1) is 11.3 Å². The lowest BCUT2D eigenvalue weighted by molar-refractivity contribution is 0.374. The Morgan fingerprint density at radius 1 is 1.33 bits per heavy atom. The van der Waals surface area contributed by atoms with E-state index < -0.39 is 0 Å². The van der Waals surface area contributed by atoms with E-state index in [2.05, 4.69) is 33.9 Å². The third-order valence-corrected chi connectivity index (χ3v) is 2.40. The largest absolute Gasteiger partial charge is 0.103 e. The Bertz CT molecular complexity index is 142. The van der Waals surface area contributed by atoms with Gasteiger partial charge in [-0.2, -0.15) is 0 Å². The summed E-state index contributed by atoms with van der Waals surface area (Å²) in [5.74, 6) is 0.765. The van der Waals surface area contributed by atoms with Gasteiger partial charge in [-0.3, -0.25) is 0 Å². The highest BCUT2D eigenvalue weighted by Crippen LogP contribution is 2.26. The van der Waals surface area contributed by atoms with Crippen molar-refractivity contribution in [2.75, 3.05) is 0 Å². The van der Waals surface area contributed by atoms with Gasteiger partial charge in [-0.15, -0.1) is 13.2 Å². The lowest BCUT2D eigenvalue weighted by Crippen LogP contribution is -2.08. The van der Waals surface area contributed by atoms with Crippen molar-refractivity contribution in [2.24, 2.45) is 11.3 Å². The molecule has 0 aromatic heterocycles. The predicted molar refractivity (Wildman–Crippen MR) is 57.2 cm³/mol. The van der Waals surface area contributed by atoms with Gasteiger partial charge in [0.05, 0.1) is 0 Å². The maximum Gasteiger partial charge on any atom is -0.0177 e. The van der Waals surface area contributed by atoms with Gasteiger partial charge in [0.2, 0.25) is 0 Å². The molecule has 0 spiro atoms. The van der Waals surface area contributed by atoms with E-state index in [1.54, 1.807) is 0 Å². The Labute approximate surface area is 77.4 Å². The number of allylic oxidation sites excluding steroid dienone is 2. The maximum absolute atomic E-state index is 3.84. The van der Waals surface area contributed by atoms with E-state index >= 15 is 0 Å². The van der Waals surface area contributed by atoms with Gasteiger partial charge in [0, 0.05) is 0 Å². The molecule has 0 fully saturated rings. The maximum atomic E-state index is 3.84. The smallest absolute Gasteiger partial charge is 0.0177 e. The third-order valence-electron chi connectivity index (χ3n) is 2.40. The van der Waals surface area contributed by atoms with Crippen LogP contribution in [0.3, 0.4) is 0 Å². The van der Waals surface area contributed by atoms with Crippen LogP contribution in [0.25, 0.3) is 0 Å². The topological polar surface area (TPSA) is 0 Å². The van der Waals surface area contributed by atoms with E-state index in [1.165, 1.54) is 12.8 Å². The van der Waals surface area contributed by atoms with Crippen LogP contribution >= 0.6 is 0 Å². The normalized spacial score (nSPS) is 13.9. The zero-order chi connectivity index (χ0) is 9.61. The Morgan fingerprint density at radius 2 is 1.92 bits per heavy atom. The summed E-state index contributed by atoms with van der Waals surface area (Å²) >= 11 is 0. The summed E-state index contributed by atoms with van der Waals surface area (Å²) in [5, 5.41) is 0. The molecule has 0 aliphatic heterocycles. The Morgan fingerprint density at radius 3 is 2.33 bits per heavy atom. The van der Waals surface area contributed by atoms with Gasteiger partial charge in [-0.05, 0) is 30.6 Å². The average molecular weight is 166 g/mol. The molecule has 0 bridgehead atoms. The molecule has 0 heterocycles. The minimum atomic E-state index is 0.301. The summed E-state index contributed by atoms with van der Waals surface area (Å²) in [6.07, 6.45) is 7.68. The van der Waals surface area contributed by atoms with Crippen molar-refractivity contribution in [3.63, 3.8) is 0 Å². The number of hydrogen-bond acceptors (Lipinski definition) is 0. The molecule has 70 valence electrons. The fourth-order valence-electron chi connectivity index (χ4n) is 1.12. The number of hydrogen-bond donors (Lipinski definition) is 0. The van der Waals surface area contributed by atoms with Crippen LogP contribution in [0.5, 0.6) is 0 Å². The highest BCUT2D eigenvalue weighted by molar-refractivity contribution is 4.87. The van der Waals surface area contributed by atoms with Gasteiger partial charge in [0.1, 0.15) is 0 Å². The molecular weight excluding hydrogens is 144 g/mol. The molecule has 0 heteroatoms. The molecule has 1 unspecified atom stereocenters. The van der Waals surface area contributed by atoms with Crippen molar-refractivity contribution < 1.29 is 0 Å². The first-order chi connectivity index (χ1) is 5.52. The average Bonchev–Trinajstić information content (AvgIpc) is 2.02. The molecule has 0 saturated heterocycles. The van der Waals surface area contributed by atoms with Crippen molar-refractivity contribution in [1.29, 1.82) is 0 Å². The van der Waals surface area contributed by atoms with Gasteiger partial charge in [0.25, 0.3) is 0 Å². The summed E-state index contributed by atoms with van der Waals surface area (Å²) in [6, 6.07) is 0. The first-order valence-corrected chi connectivity index (χ1v) is 4.76. The van der Waals surface area contributed by atoms with Crippen LogP contribution in [0.4, 0.5) is 0 Å². The molecule has 12 heavy (non-hydrogen) atoms. The van der Waals surface area contributed by atoms with Crippen LogP contribution in [0.2, 0.25) is 0 Å². The Balaban J connectivity index is 3.66. The van der Waals surface area contributed by atoms with Crippen molar-refractivity contribution in [1.82, 2.24) is 0 Å².